The van der Waals surface area contributed by atoms with Crippen molar-refractivity contribution >= 4 is 24.2 Å². The Kier molecular flexibility index (Phi) is 2.39. The Bertz CT molecular complexity index is 294. The first-order valence-corrected chi connectivity index (χ1v) is 3.22. The van der Waals surface area contributed by atoms with Gasteiger partial charge >= 0.3 is 0 Å². The minimum absolute atomic E-state index is 0.0733. The van der Waals surface area contributed by atoms with E-state index in [4.69, 9.17) is 11.6 Å². The van der Waals surface area contributed by atoms with Crippen LogP contribution in [0, 0.1) is 0 Å². The minimum atomic E-state index is 0.0733. The highest BCUT2D eigenvalue weighted by molar-refractivity contribution is 6.33. The van der Waals surface area contributed by atoms with E-state index in [-0.39, 0.29) is 16.1 Å². The van der Waals surface area contributed by atoms with Crippen LogP contribution >= 0.6 is 11.6 Å². The molecule has 11 heavy (non-hydrogen) atoms. The monoisotopic (exact) mass is 166 g/mol. The highest BCUT2D eigenvalue weighted by Crippen LogP contribution is 2.15. The Morgan fingerprint density at radius 1 is 1.18 bits per heavy atom. The lowest BCUT2D eigenvalue weighted by Gasteiger charge is -1.95. The van der Waals surface area contributed by atoms with E-state index in [0.29, 0.717) is 0 Å². The zero-order valence-corrected chi connectivity index (χ0v) is 6.18. The van der Waals surface area contributed by atoms with Crippen molar-refractivity contribution in [2.75, 3.05) is 0 Å². The van der Waals surface area contributed by atoms with E-state index in [2.05, 4.69) is 0 Å². The molecule has 0 aliphatic carbocycles. The van der Waals surface area contributed by atoms with E-state index in [1.807, 2.05) is 0 Å². The molecule has 0 aromatic heterocycles. The zero-order valence-electron chi connectivity index (χ0n) is 5.43. The second-order valence-electron chi connectivity index (χ2n) is 1.87. The molecule has 3 heteroatoms. The normalized spacial score (nSPS) is 9.18. The summed E-state index contributed by atoms with van der Waals surface area (Å²) < 4.78 is 0. The van der Waals surface area contributed by atoms with Gasteiger partial charge in [0, 0.05) is 5.56 Å². The predicted molar refractivity (Wildman–Crippen MR) is 41.0 cm³/mol. The lowest BCUT2D eigenvalue weighted by atomic mass is 10.1. The third-order valence-corrected chi connectivity index (χ3v) is 1.54. The van der Waals surface area contributed by atoms with Crippen molar-refractivity contribution in [2.24, 2.45) is 0 Å². The van der Waals surface area contributed by atoms with E-state index in [0.717, 1.165) is 0 Å². The van der Waals surface area contributed by atoms with Crippen LogP contribution in [-0.4, -0.2) is 12.6 Å². The van der Waals surface area contributed by atoms with Crippen LogP contribution in [-0.2, 0) is 9.59 Å². The van der Waals surface area contributed by atoms with Crippen LogP contribution in [0.5, 0.6) is 0 Å². The van der Waals surface area contributed by atoms with Crippen LogP contribution in [0.1, 0.15) is 11.1 Å². The summed E-state index contributed by atoms with van der Waals surface area (Å²) in [5.74, 6) is 0. The van der Waals surface area contributed by atoms with Crippen molar-refractivity contribution in [3.8, 4) is 0 Å². The number of hydrogen-bond donors (Lipinski definition) is 0. The molecule has 1 rings (SSSR count). The number of rotatable bonds is 2. The first-order chi connectivity index (χ1) is 5.29. The Morgan fingerprint density at radius 2 is 1.91 bits per heavy atom. The third kappa shape index (κ3) is 1.46. The highest BCUT2D eigenvalue weighted by atomic mass is 35.5. The van der Waals surface area contributed by atoms with Gasteiger partial charge in [0.15, 0.2) is 0 Å². The third-order valence-electron chi connectivity index (χ3n) is 1.23. The van der Waals surface area contributed by atoms with Gasteiger partial charge in [-0.05, 0) is 6.07 Å². The number of hydrogen-bond acceptors (Lipinski definition) is 2. The average molecular weight is 167 g/mol. The Hall–Kier alpha value is -1.15. The molecule has 0 fully saturated rings. The summed E-state index contributed by atoms with van der Waals surface area (Å²) in [6, 6.07) is 4.55. The molecular formula is C8H3ClO2. The first-order valence-electron chi connectivity index (χ1n) is 2.84. The van der Waals surface area contributed by atoms with Crippen molar-refractivity contribution in [1.82, 2.24) is 0 Å². The average Bonchev–Trinajstić information content (AvgIpc) is 2.04. The Labute approximate surface area is 68.8 Å². The molecule has 0 heterocycles. The van der Waals surface area contributed by atoms with Crippen LogP contribution in [0.25, 0.3) is 0 Å². The van der Waals surface area contributed by atoms with Gasteiger partial charge in [0.05, 0.1) is 10.6 Å². The molecule has 0 aliphatic rings. The molecule has 0 atom stereocenters. The van der Waals surface area contributed by atoms with Crippen LogP contribution in [0.3, 0.4) is 0 Å². The van der Waals surface area contributed by atoms with Crippen molar-refractivity contribution in [3.63, 3.8) is 0 Å². The standard InChI is InChI=1S/C8H3ClO2/c9-8-3-1-2-6(4-10)7(8)5-11/h1-3H. The van der Waals surface area contributed by atoms with Gasteiger partial charge in [-0.15, -0.1) is 0 Å². The summed E-state index contributed by atoms with van der Waals surface area (Å²) in [6.07, 6.45) is 3.16. The van der Waals surface area contributed by atoms with Gasteiger partial charge in [-0.2, -0.15) is 0 Å². The number of benzene rings is 1. The fourth-order valence-electron chi connectivity index (χ4n) is 0.713. The van der Waals surface area contributed by atoms with Gasteiger partial charge < -0.3 is 0 Å². The van der Waals surface area contributed by atoms with Crippen LogP contribution in [0.4, 0.5) is 0 Å². The van der Waals surface area contributed by atoms with Crippen LogP contribution < -0.4 is 0 Å². The summed E-state index contributed by atoms with van der Waals surface area (Å²) in [7, 11) is 0. The van der Waals surface area contributed by atoms with Gasteiger partial charge in [0.2, 0.25) is 12.6 Å². The van der Waals surface area contributed by atoms with E-state index >= 15 is 0 Å². The van der Waals surface area contributed by atoms with Gasteiger partial charge in [0.25, 0.3) is 0 Å². The molecule has 2 nitrogen and oxygen atoms in total. The van der Waals surface area contributed by atoms with Gasteiger partial charge in [-0.3, -0.25) is 9.59 Å². The second kappa shape index (κ2) is 3.30. The molecule has 0 saturated carbocycles. The summed E-state index contributed by atoms with van der Waals surface area (Å²) in [5, 5.41) is 0.223. The maximum Gasteiger partial charge on any atom is 0.235 e. The number of carbonyl (C=O) groups excluding carboxylic acids is 2. The first kappa shape index (κ1) is 7.95. The van der Waals surface area contributed by atoms with Gasteiger partial charge in [-0.1, -0.05) is 23.7 Å². The molecule has 1 aromatic rings. The van der Waals surface area contributed by atoms with Crippen LogP contribution in [0.2, 0.25) is 5.02 Å². The SMILES string of the molecule is O=[C]c1cccc(Cl)c1[C]=O. The fourth-order valence-corrected chi connectivity index (χ4v) is 0.926. The molecule has 0 spiro atoms. The summed E-state index contributed by atoms with van der Waals surface area (Å²) in [6.45, 7) is 0. The lowest BCUT2D eigenvalue weighted by molar-refractivity contribution is 0.558. The Morgan fingerprint density at radius 3 is 2.36 bits per heavy atom. The van der Waals surface area contributed by atoms with Crippen molar-refractivity contribution in [1.29, 1.82) is 0 Å². The molecule has 0 amide bonds. The second-order valence-corrected chi connectivity index (χ2v) is 2.27. The van der Waals surface area contributed by atoms with Crippen molar-refractivity contribution in [2.45, 2.75) is 0 Å². The zero-order chi connectivity index (χ0) is 8.27. The van der Waals surface area contributed by atoms with Crippen LogP contribution in [0.15, 0.2) is 18.2 Å². The molecule has 54 valence electrons. The summed E-state index contributed by atoms with van der Waals surface area (Å²) in [4.78, 5) is 20.4. The number of halogens is 1. The van der Waals surface area contributed by atoms with Crippen molar-refractivity contribution < 1.29 is 9.59 Å². The Balaban J connectivity index is 3.35. The molecule has 0 bridgehead atoms. The van der Waals surface area contributed by atoms with E-state index in [1.54, 1.807) is 18.6 Å². The maximum absolute atomic E-state index is 10.2. The smallest absolute Gasteiger partial charge is 0.235 e. The van der Waals surface area contributed by atoms with Gasteiger partial charge in [-0.25, -0.2) is 0 Å². The molecule has 1 aromatic carbocycles. The summed E-state index contributed by atoms with van der Waals surface area (Å²) in [5.41, 5.74) is 0.219. The maximum atomic E-state index is 10.2. The fraction of sp³-hybridized carbons (Fsp3) is 0. The minimum Gasteiger partial charge on any atom is -0.285 e. The predicted octanol–water partition coefficient (Wildman–Crippen LogP) is 1.26. The van der Waals surface area contributed by atoms with E-state index in [1.165, 1.54) is 12.1 Å². The quantitative estimate of drug-likeness (QED) is 0.663. The molecule has 0 aliphatic heterocycles. The van der Waals surface area contributed by atoms with Gasteiger partial charge in [0.1, 0.15) is 0 Å². The summed E-state index contributed by atoms with van der Waals surface area (Å²) >= 11 is 5.57. The van der Waals surface area contributed by atoms with E-state index in [9.17, 15) is 9.59 Å². The molecule has 0 N–H and O–H groups in total. The molecule has 2 radical (unpaired) electrons. The molecular weight excluding hydrogens is 164 g/mol. The van der Waals surface area contributed by atoms with Crippen molar-refractivity contribution in [3.05, 3.63) is 34.3 Å². The molecule has 0 unspecified atom stereocenters. The topological polar surface area (TPSA) is 34.1 Å². The largest absolute Gasteiger partial charge is 0.285 e. The van der Waals surface area contributed by atoms with E-state index < -0.39 is 0 Å². The lowest BCUT2D eigenvalue weighted by Crippen LogP contribution is -1.91. The highest BCUT2D eigenvalue weighted by Gasteiger charge is 2.05. The molecule has 0 saturated heterocycles.